The normalized spacial score (nSPS) is 11.8. The summed E-state index contributed by atoms with van der Waals surface area (Å²) in [6.07, 6.45) is -1.63. The van der Waals surface area contributed by atoms with E-state index < -0.39 is 34.7 Å². The Hall–Kier alpha value is -3.41. The predicted octanol–water partition coefficient (Wildman–Crippen LogP) is 4.15. The van der Waals surface area contributed by atoms with Crippen molar-refractivity contribution in [2.75, 3.05) is 7.11 Å². The van der Waals surface area contributed by atoms with Gasteiger partial charge in [0.15, 0.2) is 0 Å². The fourth-order valence-corrected chi connectivity index (χ4v) is 5.49. The van der Waals surface area contributed by atoms with Crippen molar-refractivity contribution in [3.05, 3.63) is 58.8 Å². The van der Waals surface area contributed by atoms with Crippen LogP contribution in [0, 0.1) is 19.7 Å². The molecule has 194 valence electrons. The number of rotatable bonds is 9. The van der Waals surface area contributed by atoms with Gasteiger partial charge in [0.2, 0.25) is 11.8 Å². The van der Waals surface area contributed by atoms with E-state index in [4.69, 9.17) is 4.74 Å². The Labute approximate surface area is 207 Å². The molecule has 1 aromatic carbocycles. The SMILES string of the molecule is COc1cc(-c2cc(F)cc(C(C)C)c2CC(=O)NS(=O)(=O)c2c(C)nn(CC(F)F)c2C)ccn1. The highest BCUT2D eigenvalue weighted by Gasteiger charge is 2.28. The van der Waals surface area contributed by atoms with Gasteiger partial charge in [-0.3, -0.25) is 9.48 Å². The molecule has 3 rings (SSSR count). The van der Waals surface area contributed by atoms with Gasteiger partial charge < -0.3 is 4.74 Å². The molecule has 0 aliphatic heterocycles. The minimum absolute atomic E-state index is 0.0114. The van der Waals surface area contributed by atoms with E-state index in [2.05, 4.69) is 10.1 Å². The molecule has 0 bridgehead atoms. The van der Waals surface area contributed by atoms with E-state index in [1.54, 1.807) is 12.1 Å². The van der Waals surface area contributed by atoms with Gasteiger partial charge in [0.05, 0.1) is 24.9 Å². The molecule has 0 saturated heterocycles. The van der Waals surface area contributed by atoms with Gasteiger partial charge in [0, 0.05) is 12.3 Å². The lowest BCUT2D eigenvalue weighted by atomic mass is 9.88. The fourth-order valence-electron chi connectivity index (χ4n) is 4.09. The first kappa shape index (κ1) is 27.2. The van der Waals surface area contributed by atoms with Crippen molar-refractivity contribution in [3.63, 3.8) is 0 Å². The highest BCUT2D eigenvalue weighted by Crippen LogP contribution is 2.33. The van der Waals surface area contributed by atoms with Gasteiger partial charge in [-0.2, -0.15) is 5.10 Å². The summed E-state index contributed by atoms with van der Waals surface area (Å²) in [4.78, 5) is 16.7. The summed E-state index contributed by atoms with van der Waals surface area (Å²) in [6, 6.07) is 5.79. The molecule has 0 radical (unpaired) electrons. The predicted molar refractivity (Wildman–Crippen MR) is 127 cm³/mol. The second-order valence-electron chi connectivity index (χ2n) is 8.54. The van der Waals surface area contributed by atoms with Crippen molar-refractivity contribution in [2.45, 2.75) is 57.9 Å². The van der Waals surface area contributed by atoms with Crippen molar-refractivity contribution >= 4 is 15.9 Å². The summed E-state index contributed by atoms with van der Waals surface area (Å²) >= 11 is 0. The highest BCUT2D eigenvalue weighted by molar-refractivity contribution is 7.90. The van der Waals surface area contributed by atoms with Gasteiger partial charge in [-0.1, -0.05) is 13.8 Å². The Morgan fingerprint density at radius 2 is 1.89 bits per heavy atom. The number of hydrogen-bond donors (Lipinski definition) is 1. The Morgan fingerprint density at radius 1 is 1.19 bits per heavy atom. The fraction of sp³-hybridized carbons (Fsp3) is 0.375. The van der Waals surface area contributed by atoms with Crippen LogP contribution < -0.4 is 9.46 Å². The number of carbonyl (C=O) groups excluding carboxylic acids is 1. The number of sulfonamides is 1. The molecule has 0 fully saturated rings. The number of alkyl halides is 2. The maximum absolute atomic E-state index is 14.5. The van der Waals surface area contributed by atoms with E-state index in [0.29, 0.717) is 22.3 Å². The van der Waals surface area contributed by atoms with Crippen LogP contribution in [-0.4, -0.2) is 42.6 Å². The summed E-state index contributed by atoms with van der Waals surface area (Å²) in [7, 11) is -2.98. The average Bonchev–Trinajstić information content (AvgIpc) is 3.06. The van der Waals surface area contributed by atoms with Crippen LogP contribution in [0.5, 0.6) is 5.88 Å². The lowest BCUT2D eigenvalue weighted by Crippen LogP contribution is -2.33. The van der Waals surface area contributed by atoms with Crippen molar-refractivity contribution in [3.8, 4) is 17.0 Å². The van der Waals surface area contributed by atoms with Crippen LogP contribution >= 0.6 is 0 Å². The Bertz CT molecular complexity index is 1390. The van der Waals surface area contributed by atoms with Gasteiger partial charge in [-0.05, 0) is 60.2 Å². The van der Waals surface area contributed by atoms with E-state index in [0.717, 1.165) is 4.68 Å². The van der Waals surface area contributed by atoms with Crippen LogP contribution in [0.3, 0.4) is 0 Å². The molecule has 0 atom stereocenters. The summed E-state index contributed by atoms with van der Waals surface area (Å²) in [5, 5.41) is 3.87. The molecule has 0 saturated carbocycles. The van der Waals surface area contributed by atoms with Gasteiger partial charge in [-0.25, -0.2) is 31.3 Å². The molecule has 1 amide bonds. The van der Waals surface area contributed by atoms with Gasteiger partial charge in [-0.15, -0.1) is 0 Å². The number of methoxy groups -OCH3 is 1. The molecule has 0 unspecified atom stereocenters. The van der Waals surface area contributed by atoms with Crippen molar-refractivity contribution in [1.29, 1.82) is 0 Å². The number of amides is 1. The first-order valence-corrected chi connectivity index (χ1v) is 12.5. The molecule has 8 nitrogen and oxygen atoms in total. The van der Waals surface area contributed by atoms with Crippen LogP contribution in [0.2, 0.25) is 0 Å². The molecule has 0 spiro atoms. The smallest absolute Gasteiger partial charge is 0.267 e. The Morgan fingerprint density at radius 3 is 2.50 bits per heavy atom. The average molecular weight is 525 g/mol. The molecule has 36 heavy (non-hydrogen) atoms. The molecule has 3 aromatic rings. The largest absolute Gasteiger partial charge is 0.481 e. The minimum Gasteiger partial charge on any atom is -0.481 e. The van der Waals surface area contributed by atoms with E-state index in [1.807, 2.05) is 18.6 Å². The summed E-state index contributed by atoms with van der Waals surface area (Å²) in [6.45, 7) is 5.58. The lowest BCUT2D eigenvalue weighted by Gasteiger charge is -2.18. The second-order valence-corrected chi connectivity index (χ2v) is 10.2. The maximum atomic E-state index is 14.5. The minimum atomic E-state index is -4.42. The molecule has 0 aliphatic carbocycles. The van der Waals surface area contributed by atoms with Crippen LogP contribution in [0.15, 0.2) is 35.4 Å². The number of nitrogens with one attached hydrogen (secondary N) is 1. The number of hydrogen-bond acceptors (Lipinski definition) is 6. The van der Waals surface area contributed by atoms with E-state index >= 15 is 0 Å². The third-order valence-corrected chi connectivity index (χ3v) is 7.23. The summed E-state index contributed by atoms with van der Waals surface area (Å²) < 4.78 is 74.3. The number of ether oxygens (including phenoxy) is 1. The third kappa shape index (κ3) is 5.86. The van der Waals surface area contributed by atoms with E-state index in [1.165, 1.54) is 39.3 Å². The molecule has 2 heterocycles. The maximum Gasteiger partial charge on any atom is 0.267 e. The number of benzene rings is 1. The lowest BCUT2D eigenvalue weighted by molar-refractivity contribution is -0.118. The van der Waals surface area contributed by atoms with Crippen LogP contribution in [0.1, 0.15) is 42.3 Å². The number of carbonyl (C=O) groups is 1. The van der Waals surface area contributed by atoms with Crippen LogP contribution in [0.4, 0.5) is 13.2 Å². The molecule has 2 aromatic heterocycles. The zero-order chi connectivity index (χ0) is 26.8. The zero-order valence-electron chi connectivity index (χ0n) is 20.5. The van der Waals surface area contributed by atoms with E-state index in [9.17, 15) is 26.4 Å². The van der Waals surface area contributed by atoms with Crippen LogP contribution in [0.25, 0.3) is 11.1 Å². The summed E-state index contributed by atoms with van der Waals surface area (Å²) in [5.41, 5.74) is 1.88. The quantitative estimate of drug-likeness (QED) is 0.451. The third-order valence-electron chi connectivity index (χ3n) is 5.61. The van der Waals surface area contributed by atoms with Gasteiger partial charge >= 0.3 is 0 Å². The number of pyridine rings is 1. The number of nitrogens with zero attached hydrogens (tertiary/aromatic N) is 3. The standard InChI is InChI=1S/C24H27F3N4O4S/c1-13(2)18-9-17(25)10-19(16-6-7-28-23(8-16)35-5)20(18)11-22(32)30-36(33,34)24-14(3)29-31(15(24)4)12-21(26)27/h6-10,13,21H,11-12H2,1-5H3,(H,30,32). The van der Waals surface area contributed by atoms with Crippen molar-refractivity contribution in [1.82, 2.24) is 19.5 Å². The van der Waals surface area contributed by atoms with Crippen LogP contribution in [-0.2, 0) is 27.8 Å². The first-order chi connectivity index (χ1) is 16.8. The van der Waals surface area contributed by atoms with Gasteiger partial charge in [0.1, 0.15) is 17.3 Å². The Balaban J connectivity index is 2.00. The molecule has 0 aliphatic rings. The molecular weight excluding hydrogens is 497 g/mol. The Kier molecular flexibility index (Phi) is 8.07. The second kappa shape index (κ2) is 10.7. The molecule has 12 heteroatoms. The van der Waals surface area contributed by atoms with Crippen molar-refractivity contribution < 1.29 is 31.1 Å². The van der Waals surface area contributed by atoms with Gasteiger partial charge in [0.25, 0.3) is 16.4 Å². The molecule has 1 N–H and O–H groups in total. The molecular formula is C24H27F3N4O4S. The zero-order valence-corrected chi connectivity index (χ0v) is 21.3. The highest BCUT2D eigenvalue weighted by atomic mass is 32.2. The number of aryl methyl sites for hydroxylation is 1. The number of aromatic nitrogens is 3. The topological polar surface area (TPSA) is 103 Å². The van der Waals surface area contributed by atoms with Crippen molar-refractivity contribution in [2.24, 2.45) is 0 Å². The summed E-state index contributed by atoms with van der Waals surface area (Å²) in [5.74, 6) is -1.28. The first-order valence-electron chi connectivity index (χ1n) is 11.0. The van der Waals surface area contributed by atoms with E-state index in [-0.39, 0.29) is 34.5 Å². The monoisotopic (exact) mass is 524 g/mol. The number of halogens is 3.